The molecule has 0 aliphatic carbocycles. The van der Waals surface area contributed by atoms with Gasteiger partial charge in [-0.3, -0.25) is 14.6 Å². The van der Waals surface area contributed by atoms with Crippen LogP contribution >= 0.6 is 0 Å². The molecule has 0 aliphatic heterocycles. The van der Waals surface area contributed by atoms with Gasteiger partial charge in [-0.25, -0.2) is 8.78 Å². The molecule has 0 aliphatic rings. The van der Waals surface area contributed by atoms with Gasteiger partial charge in [0.15, 0.2) is 0 Å². The van der Waals surface area contributed by atoms with E-state index in [1.54, 1.807) is 60.8 Å². The van der Waals surface area contributed by atoms with Crippen LogP contribution in [0, 0.1) is 11.6 Å². The average molecular weight is 443 g/mol. The average Bonchev–Trinajstić information content (AvgIpc) is 2.84. The molecule has 0 unspecified atom stereocenters. The fourth-order valence-electron chi connectivity index (χ4n) is 3.28. The molecule has 0 saturated carbocycles. The molecule has 33 heavy (non-hydrogen) atoms. The highest BCUT2D eigenvalue weighted by atomic mass is 19.1. The van der Waals surface area contributed by atoms with Crippen LogP contribution in [-0.2, 0) is 6.54 Å². The van der Waals surface area contributed by atoms with Crippen molar-refractivity contribution in [3.8, 4) is 0 Å². The van der Waals surface area contributed by atoms with E-state index >= 15 is 0 Å². The van der Waals surface area contributed by atoms with Crippen LogP contribution in [0.4, 0.5) is 20.2 Å². The Morgan fingerprint density at radius 2 is 1.36 bits per heavy atom. The van der Waals surface area contributed by atoms with Crippen LogP contribution in [0.15, 0.2) is 97.2 Å². The van der Waals surface area contributed by atoms with Crippen molar-refractivity contribution in [3.63, 3.8) is 0 Å². The third-order valence-electron chi connectivity index (χ3n) is 4.95. The van der Waals surface area contributed by atoms with Gasteiger partial charge in [0.2, 0.25) is 0 Å². The number of rotatable bonds is 6. The highest BCUT2D eigenvalue weighted by Gasteiger charge is 2.21. The second kappa shape index (κ2) is 9.82. The Morgan fingerprint density at radius 3 is 1.97 bits per heavy atom. The maximum absolute atomic E-state index is 14.3. The fraction of sp³-hybridized carbons (Fsp3) is 0.0385. The van der Waals surface area contributed by atoms with E-state index in [0.29, 0.717) is 17.1 Å². The third kappa shape index (κ3) is 5.10. The molecule has 0 saturated heterocycles. The highest BCUT2D eigenvalue weighted by molar-refractivity contribution is 6.07. The lowest BCUT2D eigenvalue weighted by Crippen LogP contribution is -2.31. The first-order valence-electron chi connectivity index (χ1n) is 10.1. The number of hydrogen-bond donors (Lipinski definition) is 1. The highest BCUT2D eigenvalue weighted by Crippen LogP contribution is 2.23. The Balaban J connectivity index is 1.60. The maximum atomic E-state index is 14.3. The van der Waals surface area contributed by atoms with Crippen molar-refractivity contribution in [2.24, 2.45) is 0 Å². The number of hydrogen-bond acceptors (Lipinski definition) is 3. The largest absolute Gasteiger partial charge is 0.322 e. The lowest BCUT2D eigenvalue weighted by atomic mass is 10.1. The van der Waals surface area contributed by atoms with Crippen LogP contribution in [0.25, 0.3) is 0 Å². The molecule has 2 amide bonds. The van der Waals surface area contributed by atoms with Crippen molar-refractivity contribution in [3.05, 3.63) is 126 Å². The number of benzene rings is 3. The number of halogens is 2. The maximum Gasteiger partial charge on any atom is 0.261 e. The molecule has 164 valence electrons. The molecule has 5 nitrogen and oxygen atoms in total. The zero-order valence-electron chi connectivity index (χ0n) is 17.4. The second-order valence-electron chi connectivity index (χ2n) is 7.17. The van der Waals surface area contributed by atoms with Gasteiger partial charge < -0.3 is 10.2 Å². The Bertz CT molecular complexity index is 1280. The molecule has 4 aromatic rings. The summed E-state index contributed by atoms with van der Waals surface area (Å²) in [5, 5.41) is 2.63. The van der Waals surface area contributed by atoms with Gasteiger partial charge in [0, 0.05) is 17.6 Å². The van der Waals surface area contributed by atoms with E-state index in [9.17, 15) is 18.4 Å². The van der Waals surface area contributed by atoms with Crippen LogP contribution in [0.3, 0.4) is 0 Å². The van der Waals surface area contributed by atoms with Gasteiger partial charge in [0.25, 0.3) is 11.8 Å². The predicted molar refractivity (Wildman–Crippen MR) is 122 cm³/mol. The molecule has 3 aromatic carbocycles. The SMILES string of the molecule is O=C(Nc1ccc(N(Cc2ccccn2)C(=O)c2ccccc2F)cc1)c1ccccc1F. The number of carbonyl (C=O) groups excluding carboxylic acids is 2. The van der Waals surface area contributed by atoms with Crippen molar-refractivity contribution in [2.75, 3.05) is 10.2 Å². The second-order valence-corrected chi connectivity index (χ2v) is 7.17. The summed E-state index contributed by atoms with van der Waals surface area (Å²) < 4.78 is 28.2. The first-order chi connectivity index (χ1) is 16.0. The normalized spacial score (nSPS) is 10.5. The van der Waals surface area contributed by atoms with Crippen molar-refractivity contribution in [1.29, 1.82) is 0 Å². The standard InChI is InChI=1S/C26H19F2N3O2/c27-23-10-3-1-8-21(23)25(32)30-18-12-14-20(15-13-18)31(17-19-7-5-6-16-29-19)26(33)22-9-2-4-11-24(22)28/h1-16H,17H2,(H,30,32). The van der Waals surface area contributed by atoms with E-state index in [0.717, 1.165) is 0 Å². The van der Waals surface area contributed by atoms with E-state index in [4.69, 9.17) is 0 Å². The molecular formula is C26H19F2N3O2. The number of aromatic nitrogens is 1. The predicted octanol–water partition coefficient (Wildman–Crippen LogP) is 5.46. The number of amides is 2. The van der Waals surface area contributed by atoms with E-state index in [1.165, 1.54) is 41.3 Å². The van der Waals surface area contributed by atoms with E-state index in [1.807, 2.05) is 0 Å². The summed E-state index contributed by atoms with van der Waals surface area (Å²) in [5.74, 6) is -2.36. The molecule has 0 spiro atoms. The minimum absolute atomic E-state index is 0.0645. The molecule has 0 fully saturated rings. The lowest BCUT2D eigenvalue weighted by Gasteiger charge is -2.23. The van der Waals surface area contributed by atoms with E-state index in [-0.39, 0.29) is 17.7 Å². The van der Waals surface area contributed by atoms with Crippen LogP contribution in [0.5, 0.6) is 0 Å². The Kier molecular flexibility index (Phi) is 6.50. The summed E-state index contributed by atoms with van der Waals surface area (Å²) in [5.41, 5.74) is 1.39. The van der Waals surface area contributed by atoms with Crippen molar-refractivity contribution in [2.45, 2.75) is 6.54 Å². The number of nitrogens with zero attached hydrogens (tertiary/aromatic N) is 2. The Labute approximate surface area is 189 Å². The van der Waals surface area contributed by atoms with Gasteiger partial charge >= 0.3 is 0 Å². The molecule has 1 heterocycles. The summed E-state index contributed by atoms with van der Waals surface area (Å²) in [4.78, 5) is 31.2. The quantitative estimate of drug-likeness (QED) is 0.431. The van der Waals surface area contributed by atoms with Gasteiger partial charge in [0.05, 0.1) is 23.4 Å². The molecule has 1 aromatic heterocycles. The van der Waals surface area contributed by atoms with Gasteiger partial charge in [-0.2, -0.15) is 0 Å². The zero-order chi connectivity index (χ0) is 23.2. The van der Waals surface area contributed by atoms with Crippen LogP contribution < -0.4 is 10.2 Å². The minimum Gasteiger partial charge on any atom is -0.322 e. The molecule has 1 N–H and O–H groups in total. The van der Waals surface area contributed by atoms with Gasteiger partial charge in [0.1, 0.15) is 11.6 Å². The first kappa shape index (κ1) is 21.8. The van der Waals surface area contributed by atoms with Gasteiger partial charge in [-0.15, -0.1) is 0 Å². The van der Waals surface area contributed by atoms with Crippen LogP contribution in [0.2, 0.25) is 0 Å². The summed E-state index contributed by atoms with van der Waals surface area (Å²) in [6, 6.07) is 23.2. The number of nitrogens with one attached hydrogen (secondary N) is 1. The Hall–Kier alpha value is -4.39. The Morgan fingerprint density at radius 1 is 0.758 bits per heavy atom. The van der Waals surface area contributed by atoms with Crippen molar-refractivity contribution < 1.29 is 18.4 Å². The van der Waals surface area contributed by atoms with Gasteiger partial charge in [-0.1, -0.05) is 30.3 Å². The van der Waals surface area contributed by atoms with Crippen LogP contribution in [0.1, 0.15) is 26.4 Å². The van der Waals surface area contributed by atoms with E-state index in [2.05, 4.69) is 10.3 Å². The number of carbonyl (C=O) groups is 2. The number of pyridine rings is 1. The summed E-state index contributed by atoms with van der Waals surface area (Å²) in [6.07, 6.45) is 1.61. The molecule has 0 radical (unpaired) electrons. The van der Waals surface area contributed by atoms with Crippen molar-refractivity contribution in [1.82, 2.24) is 4.98 Å². The lowest BCUT2D eigenvalue weighted by molar-refractivity contribution is 0.0979. The molecule has 0 bridgehead atoms. The van der Waals surface area contributed by atoms with Gasteiger partial charge in [-0.05, 0) is 60.7 Å². The minimum atomic E-state index is -0.623. The van der Waals surface area contributed by atoms with Crippen molar-refractivity contribution >= 4 is 23.2 Å². The molecule has 4 rings (SSSR count). The molecule has 0 atom stereocenters. The molecule has 7 heteroatoms. The fourth-order valence-corrected chi connectivity index (χ4v) is 3.28. The third-order valence-corrected chi connectivity index (χ3v) is 4.95. The zero-order valence-corrected chi connectivity index (χ0v) is 17.4. The number of anilines is 2. The first-order valence-corrected chi connectivity index (χ1v) is 10.1. The monoisotopic (exact) mass is 443 g/mol. The summed E-state index contributed by atoms with van der Waals surface area (Å²) in [6.45, 7) is 0.120. The van der Waals surface area contributed by atoms with Crippen LogP contribution in [-0.4, -0.2) is 16.8 Å². The summed E-state index contributed by atoms with van der Waals surface area (Å²) in [7, 11) is 0. The summed E-state index contributed by atoms with van der Waals surface area (Å²) >= 11 is 0. The topological polar surface area (TPSA) is 62.3 Å². The smallest absolute Gasteiger partial charge is 0.261 e. The van der Waals surface area contributed by atoms with E-state index < -0.39 is 23.4 Å². The molecular weight excluding hydrogens is 424 g/mol.